The van der Waals surface area contributed by atoms with Gasteiger partial charge in [-0.05, 0) is 53.2 Å². The van der Waals surface area contributed by atoms with E-state index in [1.54, 1.807) is 40.4 Å². The van der Waals surface area contributed by atoms with E-state index in [4.69, 9.17) is 14.2 Å². The minimum absolute atomic E-state index is 0.270. The van der Waals surface area contributed by atoms with Crippen LogP contribution in [0.4, 0.5) is 5.69 Å². The summed E-state index contributed by atoms with van der Waals surface area (Å²) in [7, 11) is 4.73. The zero-order valence-electron chi connectivity index (χ0n) is 15.6. The van der Waals surface area contributed by atoms with E-state index in [-0.39, 0.29) is 5.91 Å². The minimum Gasteiger partial charge on any atom is -0.497 e. The van der Waals surface area contributed by atoms with Crippen molar-refractivity contribution in [1.29, 1.82) is 0 Å². The molecule has 7 nitrogen and oxygen atoms in total. The number of rotatable bonds is 8. The maximum atomic E-state index is 12.2. The summed E-state index contributed by atoms with van der Waals surface area (Å²) in [6, 6.07) is 10.4. The molecule has 0 fully saturated rings. The molecule has 0 saturated heterocycles. The molecular formula is C19H22BrN3O4. The van der Waals surface area contributed by atoms with E-state index in [1.807, 2.05) is 24.3 Å². The van der Waals surface area contributed by atoms with Crippen molar-refractivity contribution in [3.63, 3.8) is 0 Å². The van der Waals surface area contributed by atoms with Crippen molar-refractivity contribution in [2.45, 2.75) is 13.0 Å². The van der Waals surface area contributed by atoms with Crippen LogP contribution < -0.4 is 25.0 Å². The standard InChI is InChI=1S/C19H22BrN3O4/c1-12(22-14-5-7-15(25-2)8-6-14)19(24)23-21-11-13-9-16(20)18(27-4)10-17(13)26-3/h5-12,22H,1-4H3,(H,23,24)/b21-11+. The van der Waals surface area contributed by atoms with E-state index in [2.05, 4.69) is 31.8 Å². The van der Waals surface area contributed by atoms with Crippen molar-refractivity contribution in [3.05, 3.63) is 46.4 Å². The number of ether oxygens (including phenoxy) is 3. The quantitative estimate of drug-likeness (QED) is 0.490. The first kappa shape index (κ1) is 20.6. The van der Waals surface area contributed by atoms with Crippen LogP contribution in [0.25, 0.3) is 0 Å². The summed E-state index contributed by atoms with van der Waals surface area (Å²) in [5, 5.41) is 7.11. The Kier molecular flexibility index (Phi) is 7.48. The van der Waals surface area contributed by atoms with Gasteiger partial charge in [-0.15, -0.1) is 0 Å². The Morgan fingerprint density at radius 3 is 2.33 bits per heavy atom. The van der Waals surface area contributed by atoms with Crippen LogP contribution in [0, 0.1) is 0 Å². The molecule has 0 bridgehead atoms. The number of hydrogen-bond donors (Lipinski definition) is 2. The molecule has 27 heavy (non-hydrogen) atoms. The molecular weight excluding hydrogens is 414 g/mol. The number of halogens is 1. The van der Waals surface area contributed by atoms with E-state index in [0.29, 0.717) is 17.1 Å². The predicted octanol–water partition coefficient (Wildman–Crippen LogP) is 3.43. The zero-order chi connectivity index (χ0) is 19.8. The number of methoxy groups -OCH3 is 3. The molecule has 2 rings (SSSR count). The third-order valence-electron chi connectivity index (χ3n) is 3.75. The van der Waals surface area contributed by atoms with Crippen molar-refractivity contribution in [1.82, 2.24) is 5.43 Å². The highest BCUT2D eigenvalue weighted by atomic mass is 79.9. The second-order valence-corrected chi connectivity index (χ2v) is 6.41. The number of nitrogens with one attached hydrogen (secondary N) is 2. The number of benzene rings is 2. The molecule has 2 N–H and O–H groups in total. The number of amides is 1. The van der Waals surface area contributed by atoms with Crippen LogP contribution in [0.1, 0.15) is 12.5 Å². The number of hydrogen-bond acceptors (Lipinski definition) is 6. The lowest BCUT2D eigenvalue weighted by atomic mass is 10.2. The topological polar surface area (TPSA) is 81.2 Å². The van der Waals surface area contributed by atoms with Gasteiger partial charge in [0, 0.05) is 17.3 Å². The molecule has 2 aromatic rings. The average Bonchev–Trinajstić information content (AvgIpc) is 2.68. The third-order valence-corrected chi connectivity index (χ3v) is 4.37. The molecule has 0 aliphatic carbocycles. The highest BCUT2D eigenvalue weighted by Gasteiger charge is 2.12. The lowest BCUT2D eigenvalue weighted by molar-refractivity contribution is -0.121. The fourth-order valence-electron chi connectivity index (χ4n) is 2.25. The lowest BCUT2D eigenvalue weighted by Gasteiger charge is -2.14. The molecule has 8 heteroatoms. The number of carbonyl (C=O) groups is 1. The van der Waals surface area contributed by atoms with E-state index in [9.17, 15) is 4.79 Å². The molecule has 0 radical (unpaired) electrons. The first-order valence-electron chi connectivity index (χ1n) is 8.13. The van der Waals surface area contributed by atoms with E-state index in [0.717, 1.165) is 15.9 Å². The van der Waals surface area contributed by atoms with Gasteiger partial charge in [-0.1, -0.05) is 0 Å². The summed E-state index contributed by atoms with van der Waals surface area (Å²) in [4.78, 5) is 12.2. The van der Waals surface area contributed by atoms with Gasteiger partial charge in [0.2, 0.25) is 0 Å². The van der Waals surface area contributed by atoms with Crippen LogP contribution in [0.3, 0.4) is 0 Å². The van der Waals surface area contributed by atoms with Crippen molar-refractivity contribution < 1.29 is 19.0 Å². The van der Waals surface area contributed by atoms with Crippen molar-refractivity contribution >= 4 is 33.7 Å². The number of anilines is 1. The third kappa shape index (κ3) is 5.62. The summed E-state index contributed by atoms with van der Waals surface area (Å²) in [5.41, 5.74) is 4.02. The second kappa shape index (κ2) is 9.82. The molecule has 144 valence electrons. The van der Waals surface area contributed by atoms with Gasteiger partial charge in [0.25, 0.3) is 5.91 Å². The fourth-order valence-corrected chi connectivity index (χ4v) is 2.77. The molecule has 1 unspecified atom stereocenters. The minimum atomic E-state index is -0.472. The fraction of sp³-hybridized carbons (Fsp3) is 0.263. The Labute approximate surface area is 166 Å². The van der Waals surface area contributed by atoms with Gasteiger partial charge < -0.3 is 19.5 Å². The maximum Gasteiger partial charge on any atom is 0.262 e. The van der Waals surface area contributed by atoms with E-state index in [1.165, 1.54) is 6.21 Å². The van der Waals surface area contributed by atoms with Gasteiger partial charge in [-0.3, -0.25) is 4.79 Å². The summed E-state index contributed by atoms with van der Waals surface area (Å²) in [6.07, 6.45) is 1.51. The first-order chi connectivity index (χ1) is 13.0. The van der Waals surface area contributed by atoms with Gasteiger partial charge in [0.1, 0.15) is 23.3 Å². The number of carbonyl (C=O) groups excluding carboxylic acids is 1. The first-order valence-corrected chi connectivity index (χ1v) is 8.92. The Morgan fingerprint density at radius 2 is 1.74 bits per heavy atom. The molecule has 2 aromatic carbocycles. The summed E-state index contributed by atoms with van der Waals surface area (Å²) < 4.78 is 16.4. The molecule has 1 atom stereocenters. The smallest absolute Gasteiger partial charge is 0.262 e. The number of nitrogens with zero attached hydrogens (tertiary/aromatic N) is 1. The van der Waals surface area contributed by atoms with Crippen LogP contribution in [0.15, 0.2) is 46.0 Å². The number of hydrazone groups is 1. The summed E-state index contributed by atoms with van der Waals surface area (Å²) in [5.74, 6) is 1.71. The zero-order valence-corrected chi connectivity index (χ0v) is 17.2. The van der Waals surface area contributed by atoms with E-state index < -0.39 is 6.04 Å². The van der Waals surface area contributed by atoms with Crippen molar-refractivity contribution in [2.24, 2.45) is 5.10 Å². The van der Waals surface area contributed by atoms with E-state index >= 15 is 0 Å². The Hall–Kier alpha value is -2.74. The van der Waals surface area contributed by atoms with Crippen molar-refractivity contribution in [2.75, 3.05) is 26.6 Å². The van der Waals surface area contributed by atoms with Gasteiger partial charge in [-0.25, -0.2) is 5.43 Å². The molecule has 0 aliphatic heterocycles. The molecule has 0 saturated carbocycles. The molecule has 0 heterocycles. The van der Waals surface area contributed by atoms with Crippen LogP contribution in [0.2, 0.25) is 0 Å². The van der Waals surface area contributed by atoms with Crippen LogP contribution >= 0.6 is 15.9 Å². The average molecular weight is 436 g/mol. The summed E-state index contributed by atoms with van der Waals surface area (Å²) in [6.45, 7) is 1.75. The van der Waals surface area contributed by atoms with Crippen LogP contribution in [0.5, 0.6) is 17.2 Å². The Morgan fingerprint density at radius 1 is 1.07 bits per heavy atom. The highest BCUT2D eigenvalue weighted by Crippen LogP contribution is 2.31. The van der Waals surface area contributed by atoms with Gasteiger partial charge >= 0.3 is 0 Å². The van der Waals surface area contributed by atoms with Gasteiger partial charge in [0.15, 0.2) is 0 Å². The molecule has 1 amide bonds. The Bertz CT molecular complexity index is 809. The maximum absolute atomic E-state index is 12.2. The van der Waals surface area contributed by atoms with Gasteiger partial charge in [-0.2, -0.15) is 5.10 Å². The summed E-state index contributed by atoms with van der Waals surface area (Å²) >= 11 is 3.41. The SMILES string of the molecule is COc1ccc(NC(C)C(=O)N/N=C/c2cc(Br)c(OC)cc2OC)cc1. The molecule has 0 spiro atoms. The second-order valence-electron chi connectivity index (χ2n) is 5.56. The molecule has 0 aromatic heterocycles. The largest absolute Gasteiger partial charge is 0.497 e. The van der Waals surface area contributed by atoms with Crippen LogP contribution in [-0.2, 0) is 4.79 Å². The van der Waals surface area contributed by atoms with Crippen LogP contribution in [-0.4, -0.2) is 39.5 Å². The monoisotopic (exact) mass is 435 g/mol. The Balaban J connectivity index is 1.98. The molecule has 0 aliphatic rings. The highest BCUT2D eigenvalue weighted by molar-refractivity contribution is 9.10. The van der Waals surface area contributed by atoms with Crippen molar-refractivity contribution in [3.8, 4) is 17.2 Å². The van der Waals surface area contributed by atoms with Gasteiger partial charge in [0.05, 0.1) is 32.0 Å². The normalized spacial score (nSPS) is 11.7. The lowest BCUT2D eigenvalue weighted by Crippen LogP contribution is -2.34. The predicted molar refractivity (Wildman–Crippen MR) is 109 cm³/mol.